The van der Waals surface area contributed by atoms with E-state index in [9.17, 15) is 36.6 Å². The Labute approximate surface area is 242 Å². The molecule has 2 aromatic carbocycles. The lowest BCUT2D eigenvalue weighted by molar-refractivity contribution is -0.157. The molecule has 1 saturated heterocycles. The number of carboxylic acid groups (broad SMARTS) is 1. The van der Waals surface area contributed by atoms with E-state index in [0.717, 1.165) is 12.1 Å². The van der Waals surface area contributed by atoms with Gasteiger partial charge in [-0.25, -0.2) is 13.6 Å². The number of halogens is 5. The normalized spacial score (nSPS) is 26.2. The molecule has 0 spiro atoms. The molecule has 11 heteroatoms. The van der Waals surface area contributed by atoms with Crippen LogP contribution in [-0.2, 0) is 22.3 Å². The molecule has 0 bridgehead atoms. The summed E-state index contributed by atoms with van der Waals surface area (Å²) in [7, 11) is 1.26. The number of amides is 1. The number of ether oxygens (including phenoxy) is 1. The molecule has 1 aliphatic heterocycles. The average Bonchev–Trinajstić information content (AvgIpc) is 3.26. The monoisotopic (exact) mass is 596 g/mol. The van der Waals surface area contributed by atoms with Crippen LogP contribution in [0.1, 0.15) is 69.2 Å². The van der Waals surface area contributed by atoms with Crippen molar-refractivity contribution in [2.75, 3.05) is 7.11 Å². The van der Waals surface area contributed by atoms with Gasteiger partial charge in [0.1, 0.15) is 11.8 Å². The number of methoxy groups -OCH3 is 1. The molecule has 2 aromatic rings. The highest BCUT2D eigenvalue weighted by atomic mass is 19.4. The second kappa shape index (κ2) is 11.8. The molecule has 5 atom stereocenters. The van der Waals surface area contributed by atoms with Crippen molar-refractivity contribution in [3.63, 3.8) is 0 Å². The van der Waals surface area contributed by atoms with Crippen LogP contribution in [0.3, 0.4) is 0 Å². The van der Waals surface area contributed by atoms with Gasteiger partial charge in [0, 0.05) is 42.8 Å². The molecule has 1 aliphatic carbocycles. The molecule has 0 unspecified atom stereocenters. The highest BCUT2D eigenvalue weighted by Crippen LogP contribution is 2.50. The number of carboxylic acids is 1. The fourth-order valence-corrected chi connectivity index (χ4v) is 6.62. The molecule has 2 fully saturated rings. The van der Waals surface area contributed by atoms with E-state index in [2.05, 4.69) is 5.32 Å². The zero-order valence-electron chi connectivity index (χ0n) is 24.1. The summed E-state index contributed by atoms with van der Waals surface area (Å²) in [5.74, 6) is -6.60. The van der Waals surface area contributed by atoms with Crippen LogP contribution >= 0.6 is 0 Å². The molecule has 0 radical (unpaired) electrons. The van der Waals surface area contributed by atoms with Crippen LogP contribution in [0.5, 0.6) is 5.75 Å². The standard InChI is InChI=1S/C31H37F5N2O4/c1-29(2,3)23-24(37-17-20-12-13-21(31(34,35)36)15-22(20)42-4)25(18-9-6-5-7-10-18)38(26(23)28(40)41)27(39)19-11-8-14-30(32,33)16-19/h5-7,9-10,12-13,15,19,23-26,37H,8,11,14,16-17H2,1-4H3,(H,40,41)/t19-,23+,24+,25+,26+/m1/s1. The number of benzene rings is 2. The predicted octanol–water partition coefficient (Wildman–Crippen LogP) is 6.70. The summed E-state index contributed by atoms with van der Waals surface area (Å²) in [4.78, 5) is 28.3. The van der Waals surface area contributed by atoms with E-state index in [1.165, 1.54) is 18.1 Å². The number of nitrogens with zero attached hydrogens (tertiary/aromatic N) is 1. The Morgan fingerprint density at radius 1 is 1.10 bits per heavy atom. The largest absolute Gasteiger partial charge is 0.496 e. The average molecular weight is 597 g/mol. The summed E-state index contributed by atoms with van der Waals surface area (Å²) in [5.41, 5.74) is -0.508. The molecule has 230 valence electrons. The Morgan fingerprint density at radius 3 is 2.31 bits per heavy atom. The Bertz CT molecular complexity index is 1280. The molecule has 2 aliphatic rings. The van der Waals surface area contributed by atoms with E-state index >= 15 is 0 Å². The van der Waals surface area contributed by atoms with Crippen LogP contribution < -0.4 is 10.1 Å². The number of rotatable bonds is 7. The Kier molecular flexibility index (Phi) is 8.92. The van der Waals surface area contributed by atoms with Crippen molar-refractivity contribution in [2.45, 2.75) is 83.2 Å². The second-order valence-electron chi connectivity index (χ2n) is 12.4. The minimum absolute atomic E-state index is 0.00560. The van der Waals surface area contributed by atoms with Gasteiger partial charge < -0.3 is 20.1 Å². The first-order valence-electron chi connectivity index (χ1n) is 14.0. The van der Waals surface area contributed by atoms with Crippen LogP contribution in [-0.4, -0.2) is 47.0 Å². The van der Waals surface area contributed by atoms with E-state index in [-0.39, 0.29) is 31.6 Å². The van der Waals surface area contributed by atoms with E-state index in [1.807, 2.05) is 20.8 Å². The Morgan fingerprint density at radius 2 is 1.76 bits per heavy atom. The molecule has 2 N–H and O–H groups in total. The van der Waals surface area contributed by atoms with Gasteiger partial charge >= 0.3 is 12.1 Å². The number of carbonyl (C=O) groups is 2. The quantitative estimate of drug-likeness (QED) is 0.348. The van der Waals surface area contributed by atoms with E-state index in [0.29, 0.717) is 11.1 Å². The number of aliphatic carboxylic acids is 1. The maximum Gasteiger partial charge on any atom is 0.416 e. The minimum atomic E-state index is -4.56. The van der Waals surface area contributed by atoms with E-state index < -0.39 is 71.3 Å². The summed E-state index contributed by atoms with van der Waals surface area (Å²) in [5, 5.41) is 13.9. The smallest absolute Gasteiger partial charge is 0.416 e. The van der Waals surface area contributed by atoms with Gasteiger partial charge in [-0.15, -0.1) is 0 Å². The van der Waals surface area contributed by atoms with Gasteiger partial charge in [0.2, 0.25) is 11.8 Å². The Balaban J connectivity index is 1.79. The minimum Gasteiger partial charge on any atom is -0.496 e. The second-order valence-corrected chi connectivity index (χ2v) is 12.4. The lowest BCUT2D eigenvalue weighted by atomic mass is 9.72. The molecular weight excluding hydrogens is 559 g/mol. The van der Waals surface area contributed by atoms with Crippen molar-refractivity contribution in [1.82, 2.24) is 10.2 Å². The molecule has 0 aromatic heterocycles. The number of hydrogen-bond acceptors (Lipinski definition) is 4. The van der Waals surface area contributed by atoms with Crippen molar-refractivity contribution in [3.05, 3.63) is 65.2 Å². The predicted molar refractivity (Wildman–Crippen MR) is 146 cm³/mol. The summed E-state index contributed by atoms with van der Waals surface area (Å²) < 4.78 is 74.0. The number of carbonyl (C=O) groups excluding carboxylic acids is 1. The molecule has 42 heavy (non-hydrogen) atoms. The summed E-state index contributed by atoms with van der Waals surface area (Å²) >= 11 is 0. The third kappa shape index (κ3) is 6.55. The molecule has 1 amide bonds. The van der Waals surface area contributed by atoms with Crippen molar-refractivity contribution >= 4 is 11.9 Å². The van der Waals surface area contributed by atoms with Gasteiger partial charge in [-0.05, 0) is 36.0 Å². The van der Waals surface area contributed by atoms with Gasteiger partial charge in [-0.1, -0.05) is 57.2 Å². The fourth-order valence-electron chi connectivity index (χ4n) is 6.62. The molecular formula is C31H37F5N2O4. The van der Waals surface area contributed by atoms with Gasteiger partial charge in [-0.3, -0.25) is 4.79 Å². The van der Waals surface area contributed by atoms with Crippen molar-refractivity contribution in [2.24, 2.45) is 17.3 Å². The maximum absolute atomic E-state index is 14.4. The van der Waals surface area contributed by atoms with Gasteiger partial charge in [0.15, 0.2) is 0 Å². The highest BCUT2D eigenvalue weighted by molar-refractivity contribution is 5.87. The van der Waals surface area contributed by atoms with Crippen molar-refractivity contribution in [1.29, 1.82) is 0 Å². The zero-order valence-corrected chi connectivity index (χ0v) is 24.1. The Hall–Kier alpha value is -3.21. The molecule has 4 rings (SSSR count). The number of nitrogens with one attached hydrogen (secondary N) is 1. The highest BCUT2D eigenvalue weighted by Gasteiger charge is 2.59. The third-order valence-electron chi connectivity index (χ3n) is 8.45. The zero-order chi connectivity index (χ0) is 31.0. The lowest BCUT2D eigenvalue weighted by Gasteiger charge is -2.37. The third-order valence-corrected chi connectivity index (χ3v) is 8.45. The summed E-state index contributed by atoms with van der Waals surface area (Å²) in [6, 6.07) is 9.11. The lowest BCUT2D eigenvalue weighted by Crippen LogP contribution is -2.50. The fraction of sp³-hybridized carbons (Fsp3) is 0.548. The summed E-state index contributed by atoms with van der Waals surface area (Å²) in [6.07, 6.45) is -5.13. The maximum atomic E-state index is 14.4. The van der Waals surface area contributed by atoms with Crippen molar-refractivity contribution < 1.29 is 41.4 Å². The van der Waals surface area contributed by atoms with Crippen LogP contribution in [0.2, 0.25) is 0 Å². The number of hydrogen-bond donors (Lipinski definition) is 2. The molecule has 6 nitrogen and oxygen atoms in total. The van der Waals surface area contributed by atoms with E-state index in [4.69, 9.17) is 4.74 Å². The first-order chi connectivity index (χ1) is 19.5. The first-order valence-corrected chi connectivity index (χ1v) is 14.0. The molecule has 1 saturated carbocycles. The van der Waals surface area contributed by atoms with Gasteiger partial charge in [0.05, 0.1) is 18.7 Å². The van der Waals surface area contributed by atoms with Gasteiger partial charge in [-0.2, -0.15) is 13.2 Å². The topological polar surface area (TPSA) is 78.9 Å². The summed E-state index contributed by atoms with van der Waals surface area (Å²) in [6.45, 7) is 5.57. The molecule has 1 heterocycles. The van der Waals surface area contributed by atoms with E-state index in [1.54, 1.807) is 30.3 Å². The first kappa shape index (κ1) is 31.7. The van der Waals surface area contributed by atoms with Crippen LogP contribution in [0.4, 0.5) is 22.0 Å². The number of likely N-dealkylation sites (tertiary alicyclic amines) is 1. The van der Waals surface area contributed by atoms with Crippen LogP contribution in [0.25, 0.3) is 0 Å². The van der Waals surface area contributed by atoms with Crippen LogP contribution in [0.15, 0.2) is 48.5 Å². The van der Waals surface area contributed by atoms with Crippen molar-refractivity contribution in [3.8, 4) is 5.75 Å². The number of alkyl halides is 5. The SMILES string of the molecule is COc1cc(C(F)(F)F)ccc1CN[C@H]1[C@H](C(C)(C)C)[C@@H](C(=O)O)N(C(=O)[C@@H]2CCCC(F)(F)C2)[C@H]1c1ccccc1. The van der Waals surface area contributed by atoms with Gasteiger partial charge in [0.25, 0.3) is 0 Å². The van der Waals surface area contributed by atoms with Crippen LogP contribution in [0, 0.1) is 17.3 Å².